The number of nitrogens with two attached hydrogens (primary N) is 1. The van der Waals surface area contributed by atoms with E-state index in [2.05, 4.69) is 24.2 Å². The fourth-order valence-electron chi connectivity index (χ4n) is 2.52. The Hall–Kier alpha value is -1.75. The molecule has 2 unspecified atom stereocenters. The molecule has 19 heavy (non-hydrogen) atoms. The molecule has 0 aliphatic carbocycles. The molecule has 1 aromatic rings. The number of benzene rings is 1. The van der Waals surface area contributed by atoms with Crippen molar-refractivity contribution in [2.45, 2.75) is 31.8 Å². The second-order valence-electron chi connectivity index (χ2n) is 5.27. The number of piperidine rings is 1. The van der Waals surface area contributed by atoms with Gasteiger partial charge >= 0.3 is 5.97 Å². The molecule has 104 valence electrons. The Labute approximate surface area is 113 Å². The Morgan fingerprint density at radius 1 is 1.53 bits per heavy atom. The zero-order valence-corrected chi connectivity index (χ0v) is 11.4. The van der Waals surface area contributed by atoms with E-state index in [9.17, 15) is 4.79 Å². The normalized spacial score (nSPS) is 24.1. The molecule has 1 heterocycles. The van der Waals surface area contributed by atoms with Crippen molar-refractivity contribution in [3.05, 3.63) is 23.8 Å². The van der Waals surface area contributed by atoms with Crippen LogP contribution in [0.2, 0.25) is 0 Å². The van der Waals surface area contributed by atoms with Crippen molar-refractivity contribution in [3.63, 3.8) is 0 Å². The summed E-state index contributed by atoms with van der Waals surface area (Å²) in [5.74, 6) is -0.988. The quantitative estimate of drug-likeness (QED) is 0.725. The van der Waals surface area contributed by atoms with E-state index in [1.807, 2.05) is 6.07 Å². The number of para-hydroxylation sites is 1. The number of carboxylic acid groups (broad SMARTS) is 1. The summed E-state index contributed by atoms with van der Waals surface area (Å²) in [5, 5.41) is 12.4. The predicted molar refractivity (Wildman–Crippen MR) is 76.6 cm³/mol. The minimum atomic E-state index is -0.988. The SMILES string of the molecule is CC1CC(Nc2cccc(C(=O)O)c2N)CCN1C. The highest BCUT2D eigenvalue weighted by atomic mass is 16.4. The molecule has 1 fully saturated rings. The van der Waals surface area contributed by atoms with Gasteiger partial charge in [0.25, 0.3) is 0 Å². The van der Waals surface area contributed by atoms with Gasteiger partial charge < -0.3 is 21.1 Å². The first-order chi connectivity index (χ1) is 8.99. The van der Waals surface area contributed by atoms with Crippen molar-refractivity contribution in [2.24, 2.45) is 0 Å². The fraction of sp³-hybridized carbons (Fsp3) is 0.500. The summed E-state index contributed by atoms with van der Waals surface area (Å²) >= 11 is 0. The smallest absolute Gasteiger partial charge is 0.337 e. The van der Waals surface area contributed by atoms with E-state index in [1.165, 1.54) is 6.07 Å². The molecule has 0 aromatic heterocycles. The number of rotatable bonds is 3. The van der Waals surface area contributed by atoms with E-state index in [-0.39, 0.29) is 5.56 Å². The number of likely N-dealkylation sites (tertiary alicyclic amines) is 1. The maximum Gasteiger partial charge on any atom is 0.337 e. The molecule has 5 nitrogen and oxygen atoms in total. The van der Waals surface area contributed by atoms with Crippen LogP contribution >= 0.6 is 0 Å². The third-order valence-electron chi connectivity index (χ3n) is 3.90. The van der Waals surface area contributed by atoms with Gasteiger partial charge in [-0.2, -0.15) is 0 Å². The lowest BCUT2D eigenvalue weighted by molar-refractivity contribution is 0.0698. The zero-order valence-electron chi connectivity index (χ0n) is 11.4. The van der Waals surface area contributed by atoms with Gasteiger partial charge in [-0.3, -0.25) is 0 Å². The van der Waals surface area contributed by atoms with Gasteiger partial charge in [0.05, 0.1) is 16.9 Å². The van der Waals surface area contributed by atoms with Crippen LogP contribution in [0.25, 0.3) is 0 Å². The topological polar surface area (TPSA) is 78.6 Å². The molecule has 0 radical (unpaired) electrons. The zero-order chi connectivity index (χ0) is 14.0. The summed E-state index contributed by atoms with van der Waals surface area (Å²) in [7, 11) is 2.13. The van der Waals surface area contributed by atoms with Crippen LogP contribution in [0.3, 0.4) is 0 Å². The molecule has 1 aromatic carbocycles. The van der Waals surface area contributed by atoms with Crippen molar-refractivity contribution in [1.82, 2.24) is 4.90 Å². The van der Waals surface area contributed by atoms with E-state index in [4.69, 9.17) is 10.8 Å². The predicted octanol–water partition coefficient (Wildman–Crippen LogP) is 1.86. The fourth-order valence-corrected chi connectivity index (χ4v) is 2.52. The van der Waals surface area contributed by atoms with Crippen molar-refractivity contribution in [2.75, 3.05) is 24.6 Å². The summed E-state index contributed by atoms with van der Waals surface area (Å²) in [6, 6.07) is 5.96. The number of aromatic carboxylic acids is 1. The van der Waals surface area contributed by atoms with Gasteiger partial charge in [0.2, 0.25) is 0 Å². The highest BCUT2D eigenvalue weighted by Gasteiger charge is 2.23. The average molecular weight is 263 g/mol. The number of hydrogen-bond acceptors (Lipinski definition) is 4. The monoisotopic (exact) mass is 263 g/mol. The van der Waals surface area contributed by atoms with Crippen LogP contribution in [0.4, 0.5) is 11.4 Å². The van der Waals surface area contributed by atoms with E-state index in [0.29, 0.717) is 17.8 Å². The highest BCUT2D eigenvalue weighted by molar-refractivity contribution is 5.97. The van der Waals surface area contributed by atoms with Crippen LogP contribution in [0.15, 0.2) is 18.2 Å². The number of carboxylic acids is 1. The number of nitrogen functional groups attached to an aromatic ring is 1. The number of anilines is 2. The van der Waals surface area contributed by atoms with E-state index >= 15 is 0 Å². The minimum absolute atomic E-state index is 0.158. The third-order valence-corrected chi connectivity index (χ3v) is 3.90. The van der Waals surface area contributed by atoms with Gasteiger partial charge in [-0.05, 0) is 38.9 Å². The molecule has 1 saturated heterocycles. The first kappa shape index (κ1) is 13.7. The van der Waals surface area contributed by atoms with Gasteiger partial charge in [0.1, 0.15) is 0 Å². The van der Waals surface area contributed by atoms with Gasteiger partial charge in [-0.15, -0.1) is 0 Å². The Balaban J connectivity index is 2.11. The molecule has 4 N–H and O–H groups in total. The van der Waals surface area contributed by atoms with Crippen LogP contribution < -0.4 is 11.1 Å². The summed E-state index contributed by atoms with van der Waals surface area (Å²) in [5.41, 5.74) is 7.11. The van der Waals surface area contributed by atoms with Crippen LogP contribution in [0.5, 0.6) is 0 Å². The Kier molecular flexibility index (Phi) is 3.95. The Morgan fingerprint density at radius 2 is 2.26 bits per heavy atom. The number of carbonyl (C=O) groups is 1. The van der Waals surface area contributed by atoms with Gasteiger partial charge in [0.15, 0.2) is 0 Å². The summed E-state index contributed by atoms with van der Waals surface area (Å²) in [6.07, 6.45) is 2.07. The van der Waals surface area contributed by atoms with Crippen LogP contribution in [-0.2, 0) is 0 Å². The number of nitrogens with one attached hydrogen (secondary N) is 1. The van der Waals surface area contributed by atoms with Crippen molar-refractivity contribution in [1.29, 1.82) is 0 Å². The van der Waals surface area contributed by atoms with Gasteiger partial charge in [0, 0.05) is 18.6 Å². The number of hydrogen-bond donors (Lipinski definition) is 3. The van der Waals surface area contributed by atoms with Crippen molar-refractivity contribution < 1.29 is 9.90 Å². The summed E-state index contributed by atoms with van der Waals surface area (Å²) < 4.78 is 0. The van der Waals surface area contributed by atoms with E-state index < -0.39 is 5.97 Å². The molecule has 2 rings (SSSR count). The van der Waals surface area contributed by atoms with Crippen molar-refractivity contribution >= 4 is 17.3 Å². The van der Waals surface area contributed by atoms with E-state index in [1.54, 1.807) is 6.07 Å². The molecule has 2 atom stereocenters. The first-order valence-electron chi connectivity index (χ1n) is 6.57. The van der Waals surface area contributed by atoms with Crippen LogP contribution in [0, 0.1) is 0 Å². The van der Waals surface area contributed by atoms with Crippen molar-refractivity contribution in [3.8, 4) is 0 Å². The second-order valence-corrected chi connectivity index (χ2v) is 5.27. The average Bonchev–Trinajstić information content (AvgIpc) is 2.36. The molecule has 1 aliphatic heterocycles. The summed E-state index contributed by atoms with van der Waals surface area (Å²) in [6.45, 7) is 3.24. The van der Waals surface area contributed by atoms with Gasteiger partial charge in [-0.25, -0.2) is 4.79 Å². The van der Waals surface area contributed by atoms with Crippen LogP contribution in [0.1, 0.15) is 30.1 Å². The standard InChI is InChI=1S/C14H21N3O2/c1-9-8-10(6-7-17(9)2)16-12-5-3-4-11(13(12)15)14(18)19/h3-5,9-10,16H,6-8,15H2,1-2H3,(H,18,19). The Bertz CT molecular complexity index is 476. The molecule has 0 bridgehead atoms. The highest BCUT2D eigenvalue weighted by Crippen LogP contribution is 2.26. The molecule has 0 spiro atoms. The largest absolute Gasteiger partial charge is 0.478 e. The molecule has 1 aliphatic rings. The molecular weight excluding hydrogens is 242 g/mol. The second kappa shape index (κ2) is 5.48. The molecule has 0 saturated carbocycles. The maximum atomic E-state index is 11.0. The first-order valence-corrected chi connectivity index (χ1v) is 6.57. The molecule has 0 amide bonds. The third kappa shape index (κ3) is 2.98. The molecular formula is C14H21N3O2. The van der Waals surface area contributed by atoms with Gasteiger partial charge in [-0.1, -0.05) is 6.07 Å². The van der Waals surface area contributed by atoms with E-state index in [0.717, 1.165) is 25.1 Å². The summed E-state index contributed by atoms with van der Waals surface area (Å²) in [4.78, 5) is 13.4. The maximum absolute atomic E-state index is 11.0. The van der Waals surface area contributed by atoms with Crippen LogP contribution in [-0.4, -0.2) is 41.7 Å². The lowest BCUT2D eigenvalue weighted by atomic mass is 9.98. The minimum Gasteiger partial charge on any atom is -0.478 e. The lowest BCUT2D eigenvalue weighted by Crippen LogP contribution is -2.42. The Morgan fingerprint density at radius 3 is 2.89 bits per heavy atom. The number of nitrogens with zero attached hydrogens (tertiary/aromatic N) is 1. The molecule has 5 heteroatoms. The lowest BCUT2D eigenvalue weighted by Gasteiger charge is -2.36.